The van der Waals surface area contributed by atoms with Gasteiger partial charge >= 0.3 is 0 Å². The second kappa shape index (κ2) is 7.05. The maximum absolute atomic E-state index is 12.3. The van der Waals surface area contributed by atoms with Crippen LogP contribution >= 0.6 is 0 Å². The average Bonchev–Trinajstić information content (AvgIpc) is 3.31. The number of rotatable bonds is 6. The fraction of sp³-hybridized carbons (Fsp3) is 0.579. The minimum absolute atomic E-state index is 0.0736. The van der Waals surface area contributed by atoms with Crippen LogP contribution in [0.5, 0.6) is 0 Å². The van der Waals surface area contributed by atoms with Crippen LogP contribution in [0.4, 0.5) is 5.95 Å². The maximum Gasteiger partial charge on any atom is 0.225 e. The van der Waals surface area contributed by atoms with E-state index in [0.29, 0.717) is 18.8 Å². The predicted octanol–water partition coefficient (Wildman–Crippen LogP) is 2.29. The summed E-state index contributed by atoms with van der Waals surface area (Å²) in [6, 6.07) is 2.17. The molecule has 2 aromatic rings. The Kier molecular flexibility index (Phi) is 4.61. The lowest BCUT2D eigenvalue weighted by Gasteiger charge is -2.17. The van der Waals surface area contributed by atoms with Gasteiger partial charge in [0.15, 0.2) is 0 Å². The number of anilines is 1. The lowest BCUT2D eigenvalue weighted by Crippen LogP contribution is -2.37. The van der Waals surface area contributed by atoms with Gasteiger partial charge in [0, 0.05) is 48.9 Å². The molecule has 1 saturated heterocycles. The van der Waals surface area contributed by atoms with Crippen molar-refractivity contribution in [3.63, 3.8) is 0 Å². The molecule has 2 fully saturated rings. The minimum Gasteiger partial charge on any atom is -0.361 e. The van der Waals surface area contributed by atoms with Crippen molar-refractivity contribution in [1.29, 1.82) is 0 Å². The van der Waals surface area contributed by atoms with Crippen molar-refractivity contribution in [1.82, 2.24) is 20.4 Å². The summed E-state index contributed by atoms with van der Waals surface area (Å²) in [6.45, 7) is 5.44. The highest BCUT2D eigenvalue weighted by Crippen LogP contribution is 2.39. The van der Waals surface area contributed by atoms with Crippen LogP contribution in [-0.4, -0.2) is 40.2 Å². The lowest BCUT2D eigenvalue weighted by atomic mass is 10.1. The molecule has 1 aliphatic heterocycles. The summed E-state index contributed by atoms with van der Waals surface area (Å²) in [4.78, 5) is 23.6. The first-order valence-corrected chi connectivity index (χ1v) is 9.39. The van der Waals surface area contributed by atoms with Crippen LogP contribution in [-0.2, 0) is 11.2 Å². The maximum atomic E-state index is 12.3. The summed E-state index contributed by atoms with van der Waals surface area (Å²) in [5, 5.41) is 7.08. The van der Waals surface area contributed by atoms with Gasteiger partial charge in [-0.3, -0.25) is 4.79 Å². The molecule has 7 nitrogen and oxygen atoms in total. The largest absolute Gasteiger partial charge is 0.361 e. The van der Waals surface area contributed by atoms with E-state index in [1.54, 1.807) is 0 Å². The Morgan fingerprint density at radius 2 is 2.19 bits per heavy atom. The summed E-state index contributed by atoms with van der Waals surface area (Å²) in [5.74, 6) is 2.29. The van der Waals surface area contributed by atoms with E-state index in [1.165, 1.54) is 12.8 Å². The molecule has 7 heteroatoms. The molecule has 0 radical (unpaired) electrons. The van der Waals surface area contributed by atoms with Crippen LogP contribution in [0.2, 0.25) is 0 Å². The normalized spacial score (nSPS) is 19.8. The molecule has 1 N–H and O–H groups in total. The zero-order valence-electron chi connectivity index (χ0n) is 15.4. The Bertz CT molecular complexity index is 779. The second-order valence-corrected chi connectivity index (χ2v) is 7.36. The Morgan fingerprint density at radius 3 is 2.92 bits per heavy atom. The SMILES string of the molecule is Cc1noc(C)c1CCC(=O)NC1CCN(c2nccc(C3CC3)n2)C1. The van der Waals surface area contributed by atoms with Crippen LogP contribution in [0.1, 0.15) is 54.3 Å². The molecule has 2 aliphatic rings. The summed E-state index contributed by atoms with van der Waals surface area (Å²) in [5.41, 5.74) is 3.07. The molecule has 1 atom stereocenters. The van der Waals surface area contributed by atoms with Gasteiger partial charge in [-0.2, -0.15) is 0 Å². The molecule has 2 aromatic heterocycles. The Hall–Kier alpha value is -2.44. The first-order chi connectivity index (χ1) is 12.6. The molecule has 0 bridgehead atoms. The second-order valence-electron chi connectivity index (χ2n) is 7.36. The predicted molar refractivity (Wildman–Crippen MR) is 97.1 cm³/mol. The van der Waals surface area contributed by atoms with Crippen molar-refractivity contribution in [2.75, 3.05) is 18.0 Å². The molecule has 138 valence electrons. The molecular weight excluding hydrogens is 330 g/mol. The van der Waals surface area contributed by atoms with Crippen LogP contribution in [0.3, 0.4) is 0 Å². The van der Waals surface area contributed by atoms with Crippen LogP contribution in [0.25, 0.3) is 0 Å². The van der Waals surface area contributed by atoms with E-state index in [1.807, 2.05) is 26.1 Å². The van der Waals surface area contributed by atoms with Crippen molar-refractivity contribution in [2.45, 2.75) is 57.9 Å². The van der Waals surface area contributed by atoms with Gasteiger partial charge in [0.05, 0.1) is 5.69 Å². The van der Waals surface area contributed by atoms with E-state index < -0.39 is 0 Å². The fourth-order valence-corrected chi connectivity index (χ4v) is 3.58. The van der Waals surface area contributed by atoms with E-state index in [4.69, 9.17) is 9.51 Å². The van der Waals surface area contributed by atoms with Crippen molar-refractivity contribution in [2.24, 2.45) is 0 Å². The van der Waals surface area contributed by atoms with Gasteiger partial charge in [-0.1, -0.05) is 5.16 Å². The highest BCUT2D eigenvalue weighted by molar-refractivity contribution is 5.76. The number of hydrogen-bond donors (Lipinski definition) is 1. The van der Waals surface area contributed by atoms with E-state index in [-0.39, 0.29) is 11.9 Å². The lowest BCUT2D eigenvalue weighted by molar-refractivity contribution is -0.121. The number of nitrogens with one attached hydrogen (secondary N) is 1. The van der Waals surface area contributed by atoms with Gasteiger partial charge in [-0.15, -0.1) is 0 Å². The molecule has 0 spiro atoms. The Morgan fingerprint density at radius 1 is 1.35 bits per heavy atom. The number of amides is 1. The monoisotopic (exact) mass is 355 g/mol. The van der Waals surface area contributed by atoms with Gasteiger partial charge < -0.3 is 14.7 Å². The highest BCUT2D eigenvalue weighted by atomic mass is 16.5. The molecule has 0 aromatic carbocycles. The third kappa shape index (κ3) is 3.71. The van der Waals surface area contributed by atoms with Gasteiger partial charge in [0.25, 0.3) is 0 Å². The first-order valence-electron chi connectivity index (χ1n) is 9.39. The van der Waals surface area contributed by atoms with Crippen molar-refractivity contribution in [3.8, 4) is 0 Å². The molecule has 26 heavy (non-hydrogen) atoms. The summed E-state index contributed by atoms with van der Waals surface area (Å²) >= 11 is 0. The molecule has 1 amide bonds. The van der Waals surface area contributed by atoms with Crippen LogP contribution < -0.4 is 10.2 Å². The summed E-state index contributed by atoms with van der Waals surface area (Å²) < 4.78 is 5.15. The molecule has 3 heterocycles. The number of aryl methyl sites for hydroxylation is 2. The summed E-state index contributed by atoms with van der Waals surface area (Å²) in [7, 11) is 0. The molecule has 1 saturated carbocycles. The van der Waals surface area contributed by atoms with E-state index in [9.17, 15) is 4.79 Å². The van der Waals surface area contributed by atoms with Gasteiger partial charge in [-0.25, -0.2) is 9.97 Å². The molecular formula is C19H25N5O2. The zero-order chi connectivity index (χ0) is 18.1. The van der Waals surface area contributed by atoms with Crippen LogP contribution in [0.15, 0.2) is 16.8 Å². The standard InChI is InChI=1S/C19H25N5O2/c1-12-16(13(2)26-23-12)5-6-18(25)21-15-8-10-24(11-15)19-20-9-7-17(22-19)14-3-4-14/h7,9,14-15H,3-6,8,10-11H2,1-2H3,(H,21,25). The topological polar surface area (TPSA) is 84.2 Å². The highest BCUT2D eigenvalue weighted by Gasteiger charge is 2.28. The number of hydrogen-bond acceptors (Lipinski definition) is 6. The quantitative estimate of drug-likeness (QED) is 0.856. The number of nitrogens with zero attached hydrogens (tertiary/aromatic N) is 4. The Labute approximate surface area is 153 Å². The zero-order valence-corrected chi connectivity index (χ0v) is 15.4. The smallest absolute Gasteiger partial charge is 0.225 e. The van der Waals surface area contributed by atoms with Crippen LogP contribution in [0, 0.1) is 13.8 Å². The van der Waals surface area contributed by atoms with Gasteiger partial charge in [-0.05, 0) is 45.6 Å². The average molecular weight is 355 g/mol. The number of aromatic nitrogens is 3. The summed E-state index contributed by atoms with van der Waals surface area (Å²) in [6.07, 6.45) is 6.36. The minimum atomic E-state index is 0.0736. The van der Waals surface area contributed by atoms with Gasteiger partial charge in [0.1, 0.15) is 5.76 Å². The van der Waals surface area contributed by atoms with Crippen molar-refractivity contribution >= 4 is 11.9 Å². The van der Waals surface area contributed by atoms with E-state index in [2.05, 4.69) is 20.4 Å². The third-order valence-corrected chi connectivity index (χ3v) is 5.28. The Balaban J connectivity index is 1.28. The molecule has 1 unspecified atom stereocenters. The fourth-order valence-electron chi connectivity index (χ4n) is 3.58. The number of carbonyl (C=O) groups excluding carboxylic acids is 1. The van der Waals surface area contributed by atoms with E-state index >= 15 is 0 Å². The van der Waals surface area contributed by atoms with Gasteiger partial charge in [0.2, 0.25) is 11.9 Å². The first kappa shape index (κ1) is 17.0. The van der Waals surface area contributed by atoms with Crippen molar-refractivity contribution in [3.05, 3.63) is 35.0 Å². The van der Waals surface area contributed by atoms with Crippen molar-refractivity contribution < 1.29 is 9.32 Å². The molecule has 1 aliphatic carbocycles. The van der Waals surface area contributed by atoms with E-state index in [0.717, 1.165) is 48.2 Å². The number of carbonyl (C=O) groups is 1. The third-order valence-electron chi connectivity index (χ3n) is 5.28. The molecule has 4 rings (SSSR count).